The van der Waals surface area contributed by atoms with Crippen molar-refractivity contribution in [1.82, 2.24) is 0 Å². The van der Waals surface area contributed by atoms with Gasteiger partial charge in [0.2, 0.25) is 0 Å². The summed E-state index contributed by atoms with van der Waals surface area (Å²) < 4.78 is 10.8. The van der Waals surface area contributed by atoms with Gasteiger partial charge in [0.25, 0.3) is 0 Å². The minimum absolute atomic E-state index is 0.0436. The predicted molar refractivity (Wildman–Crippen MR) is 120 cm³/mol. The van der Waals surface area contributed by atoms with Crippen molar-refractivity contribution in [2.24, 2.45) is 0 Å². The van der Waals surface area contributed by atoms with E-state index in [0.717, 1.165) is 44.9 Å². The molecule has 0 amide bonds. The lowest BCUT2D eigenvalue weighted by Gasteiger charge is -2.22. The maximum atomic E-state index is 11.5. The molecular formula is C24H46O6. The average Bonchev–Trinajstić information content (AvgIpc) is 2.74. The van der Waals surface area contributed by atoms with Gasteiger partial charge < -0.3 is 24.8 Å². The Kier molecular flexibility index (Phi) is 22.0. The molecule has 0 heterocycles. The number of rotatable bonds is 22. The van der Waals surface area contributed by atoms with E-state index in [1.165, 1.54) is 19.3 Å². The molecule has 30 heavy (non-hydrogen) atoms. The van der Waals surface area contributed by atoms with Crippen LogP contribution in [0.25, 0.3) is 0 Å². The van der Waals surface area contributed by atoms with E-state index in [9.17, 15) is 9.90 Å². The summed E-state index contributed by atoms with van der Waals surface area (Å²) in [6, 6.07) is 0. The number of allylic oxidation sites excluding steroid dienone is 1. The molecule has 0 aromatic carbocycles. The van der Waals surface area contributed by atoms with Crippen molar-refractivity contribution in [3.63, 3.8) is 0 Å². The number of carbonyl (C=O) groups excluding carboxylic acids is 1. The van der Waals surface area contributed by atoms with E-state index < -0.39 is 6.10 Å². The highest BCUT2D eigenvalue weighted by molar-refractivity contribution is 5.69. The number of aliphatic hydroxyl groups excluding tert-OH is 3. The Morgan fingerprint density at radius 2 is 1.57 bits per heavy atom. The van der Waals surface area contributed by atoms with Crippen LogP contribution in [0.15, 0.2) is 12.2 Å². The first-order valence-corrected chi connectivity index (χ1v) is 12.0. The largest absolute Gasteiger partial charge is 0.466 e. The SMILES string of the molecule is CCCCC/C=C/CC(O)C(CCCCCCCC(=O)OCCCO)OCCCO. The van der Waals surface area contributed by atoms with Gasteiger partial charge in [-0.15, -0.1) is 0 Å². The predicted octanol–water partition coefficient (Wildman–Crippen LogP) is 4.30. The van der Waals surface area contributed by atoms with E-state index in [-0.39, 0.29) is 25.3 Å². The fourth-order valence-corrected chi connectivity index (χ4v) is 3.17. The van der Waals surface area contributed by atoms with E-state index in [4.69, 9.17) is 19.7 Å². The molecule has 6 nitrogen and oxygen atoms in total. The first kappa shape index (κ1) is 29.1. The van der Waals surface area contributed by atoms with Crippen LogP contribution in [0.1, 0.15) is 96.8 Å². The fourth-order valence-electron chi connectivity index (χ4n) is 3.17. The van der Waals surface area contributed by atoms with Crippen LogP contribution < -0.4 is 0 Å². The summed E-state index contributed by atoms with van der Waals surface area (Å²) in [5, 5.41) is 28.1. The van der Waals surface area contributed by atoms with Crippen LogP contribution in [-0.2, 0) is 14.3 Å². The van der Waals surface area contributed by atoms with Gasteiger partial charge >= 0.3 is 5.97 Å². The Balaban J connectivity index is 3.97. The molecule has 0 aromatic heterocycles. The molecule has 0 bridgehead atoms. The van der Waals surface area contributed by atoms with Gasteiger partial charge in [-0.05, 0) is 38.5 Å². The molecule has 0 aliphatic heterocycles. The third-order valence-corrected chi connectivity index (χ3v) is 5.02. The third-order valence-electron chi connectivity index (χ3n) is 5.02. The summed E-state index contributed by atoms with van der Waals surface area (Å²) in [5.74, 6) is -0.188. The molecule has 6 heteroatoms. The van der Waals surface area contributed by atoms with Crippen molar-refractivity contribution in [2.75, 3.05) is 26.4 Å². The van der Waals surface area contributed by atoms with Crippen LogP contribution in [-0.4, -0.2) is 59.9 Å². The summed E-state index contributed by atoms with van der Waals surface area (Å²) >= 11 is 0. The minimum atomic E-state index is -0.514. The Bertz CT molecular complexity index is 399. The zero-order valence-electron chi connectivity index (χ0n) is 19.1. The van der Waals surface area contributed by atoms with Gasteiger partial charge in [-0.3, -0.25) is 4.79 Å². The molecule has 0 aromatic rings. The quantitative estimate of drug-likeness (QED) is 0.135. The second-order valence-electron chi connectivity index (χ2n) is 7.86. The number of unbranched alkanes of at least 4 members (excludes halogenated alkanes) is 7. The van der Waals surface area contributed by atoms with Crippen molar-refractivity contribution < 1.29 is 29.6 Å². The molecule has 3 N–H and O–H groups in total. The standard InChI is InChI=1S/C24H46O6/c1-2-3-4-5-7-10-15-22(27)23(29-20-13-18-25)16-11-8-6-9-12-17-24(28)30-21-14-19-26/h7,10,22-23,25-27H,2-6,8-9,11-21H2,1H3/b10-7+. The number of hydrogen-bond donors (Lipinski definition) is 3. The number of hydrogen-bond acceptors (Lipinski definition) is 6. The number of ether oxygens (including phenoxy) is 2. The van der Waals surface area contributed by atoms with Gasteiger partial charge in [0.05, 0.1) is 18.8 Å². The maximum absolute atomic E-state index is 11.5. The van der Waals surface area contributed by atoms with Crippen LogP contribution in [0.4, 0.5) is 0 Å². The van der Waals surface area contributed by atoms with Crippen LogP contribution in [0, 0.1) is 0 Å². The smallest absolute Gasteiger partial charge is 0.305 e. The topological polar surface area (TPSA) is 96.2 Å². The van der Waals surface area contributed by atoms with Gasteiger partial charge in [-0.25, -0.2) is 0 Å². The second kappa shape index (κ2) is 22.7. The Hall–Kier alpha value is -0.950. The molecule has 0 saturated carbocycles. The molecular weight excluding hydrogens is 384 g/mol. The van der Waals surface area contributed by atoms with Gasteiger partial charge in [-0.2, -0.15) is 0 Å². The van der Waals surface area contributed by atoms with Crippen LogP contribution in [0.5, 0.6) is 0 Å². The lowest BCUT2D eigenvalue weighted by Crippen LogP contribution is -2.29. The maximum Gasteiger partial charge on any atom is 0.305 e. The molecule has 0 spiro atoms. The Morgan fingerprint density at radius 1 is 0.867 bits per heavy atom. The highest BCUT2D eigenvalue weighted by atomic mass is 16.5. The van der Waals surface area contributed by atoms with Crippen molar-refractivity contribution in [3.8, 4) is 0 Å². The summed E-state index contributed by atoms with van der Waals surface area (Å²) in [6.07, 6.45) is 16.0. The highest BCUT2D eigenvalue weighted by Crippen LogP contribution is 2.16. The average molecular weight is 431 g/mol. The lowest BCUT2D eigenvalue weighted by atomic mass is 10.0. The Morgan fingerprint density at radius 3 is 2.30 bits per heavy atom. The molecule has 0 rings (SSSR count). The summed E-state index contributed by atoms with van der Waals surface area (Å²) in [6.45, 7) is 3.10. The molecule has 0 aliphatic carbocycles. The molecule has 2 atom stereocenters. The monoisotopic (exact) mass is 430 g/mol. The van der Waals surface area contributed by atoms with Crippen LogP contribution >= 0.6 is 0 Å². The van der Waals surface area contributed by atoms with Gasteiger partial charge in [0.1, 0.15) is 0 Å². The molecule has 178 valence electrons. The normalized spacial score (nSPS) is 13.6. The summed E-state index contributed by atoms with van der Waals surface area (Å²) in [7, 11) is 0. The van der Waals surface area contributed by atoms with E-state index >= 15 is 0 Å². The van der Waals surface area contributed by atoms with Crippen molar-refractivity contribution in [1.29, 1.82) is 0 Å². The number of carbonyl (C=O) groups is 1. The molecule has 2 unspecified atom stereocenters. The van der Waals surface area contributed by atoms with E-state index in [2.05, 4.69) is 19.1 Å². The molecule has 0 saturated heterocycles. The summed E-state index contributed by atoms with van der Waals surface area (Å²) in [4.78, 5) is 11.5. The highest BCUT2D eigenvalue weighted by Gasteiger charge is 2.18. The van der Waals surface area contributed by atoms with Crippen LogP contribution in [0.2, 0.25) is 0 Å². The Labute approximate surface area is 183 Å². The van der Waals surface area contributed by atoms with Crippen LogP contribution in [0.3, 0.4) is 0 Å². The van der Waals surface area contributed by atoms with Gasteiger partial charge in [-0.1, -0.05) is 57.6 Å². The first-order valence-electron chi connectivity index (χ1n) is 12.0. The summed E-state index contributed by atoms with van der Waals surface area (Å²) in [5.41, 5.74) is 0. The fraction of sp³-hybridized carbons (Fsp3) is 0.875. The zero-order chi connectivity index (χ0) is 22.3. The van der Waals surface area contributed by atoms with E-state index in [1.54, 1.807) is 0 Å². The first-order chi connectivity index (χ1) is 14.7. The van der Waals surface area contributed by atoms with E-state index in [0.29, 0.717) is 38.9 Å². The van der Waals surface area contributed by atoms with Crippen molar-refractivity contribution in [2.45, 2.75) is 109 Å². The van der Waals surface area contributed by atoms with E-state index in [1.807, 2.05) is 0 Å². The van der Waals surface area contributed by atoms with Crippen molar-refractivity contribution in [3.05, 3.63) is 12.2 Å². The van der Waals surface area contributed by atoms with Crippen molar-refractivity contribution >= 4 is 5.97 Å². The number of aliphatic hydroxyl groups is 3. The third kappa shape index (κ3) is 19.0. The lowest BCUT2D eigenvalue weighted by molar-refractivity contribution is -0.144. The number of esters is 1. The van der Waals surface area contributed by atoms with Gasteiger partial charge in [0, 0.05) is 32.7 Å². The molecule has 0 fully saturated rings. The molecule has 0 radical (unpaired) electrons. The van der Waals surface area contributed by atoms with Gasteiger partial charge in [0.15, 0.2) is 0 Å². The zero-order valence-corrected chi connectivity index (χ0v) is 19.1. The minimum Gasteiger partial charge on any atom is -0.466 e. The second-order valence-corrected chi connectivity index (χ2v) is 7.86. The molecule has 0 aliphatic rings.